The summed E-state index contributed by atoms with van der Waals surface area (Å²) in [6, 6.07) is 15.3. The zero-order valence-corrected chi connectivity index (χ0v) is 16.5. The van der Waals surface area contributed by atoms with Gasteiger partial charge in [-0.3, -0.25) is 0 Å². The Morgan fingerprint density at radius 3 is 1.43 bits per heavy atom. The lowest BCUT2D eigenvalue weighted by atomic mass is 10.2. The molecule has 0 saturated heterocycles. The summed E-state index contributed by atoms with van der Waals surface area (Å²) in [5.41, 5.74) is 1.47. The van der Waals surface area contributed by atoms with E-state index in [1.54, 1.807) is 0 Å². The first kappa shape index (κ1) is 20.5. The van der Waals surface area contributed by atoms with Gasteiger partial charge in [0.15, 0.2) is 11.5 Å². The maximum Gasteiger partial charge on any atom is 0.345 e. The monoisotopic (exact) mass is 404 g/mol. The van der Waals surface area contributed by atoms with Gasteiger partial charge in [0.05, 0.1) is 24.8 Å². The van der Waals surface area contributed by atoms with Crippen LogP contribution in [0, 0.1) is 13.8 Å². The van der Waals surface area contributed by atoms with Gasteiger partial charge in [-0.15, -0.1) is 0 Å². The molecule has 0 aliphatic carbocycles. The molecular formula is C22H20N4O4. The van der Waals surface area contributed by atoms with Crippen molar-refractivity contribution in [1.29, 1.82) is 0 Å². The van der Waals surface area contributed by atoms with Crippen molar-refractivity contribution in [3.8, 4) is 23.0 Å². The lowest BCUT2D eigenvalue weighted by molar-refractivity contribution is 0.476. The van der Waals surface area contributed by atoms with Gasteiger partial charge in [0.25, 0.3) is 0 Å². The van der Waals surface area contributed by atoms with Crippen LogP contribution in [0.4, 0.5) is 0 Å². The van der Waals surface area contributed by atoms with Gasteiger partial charge in [-0.2, -0.15) is 9.97 Å². The summed E-state index contributed by atoms with van der Waals surface area (Å²) in [5, 5.41) is 0. The van der Waals surface area contributed by atoms with Gasteiger partial charge in [0.2, 0.25) is 0 Å². The number of ether oxygens (including phenoxy) is 2. The molecule has 8 nitrogen and oxygen atoms in total. The number of rotatable bonds is 4. The molecule has 0 fully saturated rings. The van der Waals surface area contributed by atoms with Gasteiger partial charge in [0, 0.05) is 0 Å². The summed E-state index contributed by atoms with van der Waals surface area (Å²) in [7, 11) is 0. The SMILES string of the molecule is Cc1cccc(Oc2cnc(=O)[nH]c2)c1.Cc1cccc(Oc2cnc(=O)[nH]c2)c1. The highest BCUT2D eigenvalue weighted by molar-refractivity contribution is 5.32. The summed E-state index contributed by atoms with van der Waals surface area (Å²) in [6.45, 7) is 3.97. The van der Waals surface area contributed by atoms with Crippen LogP contribution in [0.25, 0.3) is 0 Å². The molecule has 4 aromatic rings. The van der Waals surface area contributed by atoms with Crippen molar-refractivity contribution >= 4 is 0 Å². The Morgan fingerprint density at radius 2 is 1.10 bits per heavy atom. The molecule has 2 aromatic carbocycles. The van der Waals surface area contributed by atoms with Crippen molar-refractivity contribution in [3.63, 3.8) is 0 Å². The topological polar surface area (TPSA) is 110 Å². The van der Waals surface area contributed by atoms with Crippen LogP contribution < -0.4 is 20.9 Å². The van der Waals surface area contributed by atoms with Gasteiger partial charge in [-0.05, 0) is 49.2 Å². The fourth-order valence-corrected chi connectivity index (χ4v) is 2.40. The number of aryl methyl sites for hydroxylation is 2. The molecule has 0 atom stereocenters. The molecule has 0 saturated carbocycles. The first-order chi connectivity index (χ1) is 14.5. The van der Waals surface area contributed by atoms with E-state index >= 15 is 0 Å². The van der Waals surface area contributed by atoms with Crippen molar-refractivity contribution in [2.75, 3.05) is 0 Å². The number of hydrogen-bond acceptors (Lipinski definition) is 6. The summed E-state index contributed by atoms with van der Waals surface area (Å²) >= 11 is 0. The first-order valence-electron chi connectivity index (χ1n) is 9.06. The Morgan fingerprint density at radius 1 is 0.667 bits per heavy atom. The van der Waals surface area contributed by atoms with E-state index in [0.717, 1.165) is 22.6 Å². The van der Waals surface area contributed by atoms with Crippen molar-refractivity contribution < 1.29 is 9.47 Å². The number of benzene rings is 2. The molecule has 2 aromatic heterocycles. The van der Waals surface area contributed by atoms with Crippen LogP contribution in [0.3, 0.4) is 0 Å². The number of aromatic nitrogens is 4. The van der Waals surface area contributed by atoms with Crippen LogP contribution >= 0.6 is 0 Å². The third-order valence-electron chi connectivity index (χ3n) is 3.74. The van der Waals surface area contributed by atoms with Crippen LogP contribution in [0.2, 0.25) is 0 Å². The highest BCUT2D eigenvalue weighted by atomic mass is 16.5. The number of hydrogen-bond donors (Lipinski definition) is 2. The molecule has 0 aliphatic heterocycles. The lowest BCUT2D eigenvalue weighted by Gasteiger charge is -2.04. The second-order valence-corrected chi connectivity index (χ2v) is 6.35. The lowest BCUT2D eigenvalue weighted by Crippen LogP contribution is -2.07. The third kappa shape index (κ3) is 6.45. The Hall–Kier alpha value is -4.20. The third-order valence-corrected chi connectivity index (χ3v) is 3.74. The Bertz CT molecular complexity index is 1100. The van der Waals surface area contributed by atoms with Crippen LogP contribution in [0.1, 0.15) is 11.1 Å². The van der Waals surface area contributed by atoms with Crippen LogP contribution in [0.5, 0.6) is 23.0 Å². The summed E-state index contributed by atoms with van der Waals surface area (Å²) in [6.07, 6.45) is 5.75. The number of nitrogens with zero attached hydrogens (tertiary/aromatic N) is 2. The smallest absolute Gasteiger partial charge is 0.345 e. The normalized spacial score (nSPS) is 9.93. The average Bonchev–Trinajstić information content (AvgIpc) is 2.72. The zero-order chi connectivity index (χ0) is 21.3. The molecule has 2 N–H and O–H groups in total. The molecule has 30 heavy (non-hydrogen) atoms. The fraction of sp³-hybridized carbons (Fsp3) is 0.0909. The zero-order valence-electron chi connectivity index (χ0n) is 16.5. The van der Waals surface area contributed by atoms with E-state index < -0.39 is 0 Å². The Labute approximate surface area is 172 Å². The molecule has 2 heterocycles. The molecule has 0 aliphatic rings. The molecule has 0 unspecified atom stereocenters. The molecule has 0 radical (unpaired) electrons. The van der Waals surface area contributed by atoms with E-state index in [1.165, 1.54) is 24.8 Å². The van der Waals surface area contributed by atoms with Gasteiger partial charge in [-0.25, -0.2) is 9.59 Å². The second-order valence-electron chi connectivity index (χ2n) is 6.35. The van der Waals surface area contributed by atoms with Gasteiger partial charge < -0.3 is 19.4 Å². The predicted octanol–water partition coefficient (Wildman–Crippen LogP) is 3.74. The number of nitrogens with one attached hydrogen (secondary N) is 2. The molecule has 152 valence electrons. The van der Waals surface area contributed by atoms with Gasteiger partial charge >= 0.3 is 11.4 Å². The largest absolute Gasteiger partial charge is 0.454 e. The van der Waals surface area contributed by atoms with E-state index in [9.17, 15) is 9.59 Å². The highest BCUT2D eigenvalue weighted by Gasteiger charge is 1.98. The molecule has 0 bridgehead atoms. The number of H-pyrrole nitrogens is 2. The first-order valence-corrected chi connectivity index (χ1v) is 9.06. The predicted molar refractivity (Wildman–Crippen MR) is 112 cm³/mol. The van der Waals surface area contributed by atoms with E-state index in [1.807, 2.05) is 62.4 Å². The molecular weight excluding hydrogens is 384 g/mol. The molecule has 0 amide bonds. The molecule has 8 heteroatoms. The van der Waals surface area contributed by atoms with Crippen LogP contribution in [0.15, 0.2) is 82.9 Å². The summed E-state index contributed by atoms with van der Waals surface area (Å²) in [4.78, 5) is 33.4. The standard InChI is InChI=1S/2C11H10N2O2/c2*1-8-3-2-4-9(5-8)15-10-6-12-11(14)13-7-10/h2*2-7H,1H3,(H,12,13,14). The highest BCUT2D eigenvalue weighted by Crippen LogP contribution is 2.20. The van der Waals surface area contributed by atoms with Crippen molar-refractivity contribution in [1.82, 2.24) is 19.9 Å². The maximum atomic E-state index is 10.7. The van der Waals surface area contributed by atoms with Gasteiger partial charge in [-0.1, -0.05) is 24.3 Å². The van der Waals surface area contributed by atoms with E-state index in [0.29, 0.717) is 11.5 Å². The van der Waals surface area contributed by atoms with E-state index in [-0.39, 0.29) is 11.4 Å². The summed E-state index contributed by atoms with van der Waals surface area (Å²) in [5.74, 6) is 2.48. The quantitative estimate of drug-likeness (QED) is 0.536. The van der Waals surface area contributed by atoms with Crippen LogP contribution in [-0.4, -0.2) is 19.9 Å². The minimum atomic E-state index is -0.383. The second kappa shape index (κ2) is 9.83. The Balaban J connectivity index is 0.000000171. The van der Waals surface area contributed by atoms with Crippen molar-refractivity contribution in [2.45, 2.75) is 13.8 Å². The minimum Gasteiger partial charge on any atom is -0.454 e. The van der Waals surface area contributed by atoms with Crippen molar-refractivity contribution in [2.24, 2.45) is 0 Å². The van der Waals surface area contributed by atoms with E-state index in [4.69, 9.17) is 9.47 Å². The number of aromatic amines is 2. The van der Waals surface area contributed by atoms with Crippen LogP contribution in [-0.2, 0) is 0 Å². The average molecular weight is 404 g/mol. The van der Waals surface area contributed by atoms with E-state index in [2.05, 4.69) is 19.9 Å². The molecule has 0 spiro atoms. The Kier molecular flexibility index (Phi) is 6.73. The minimum absolute atomic E-state index is 0.383. The summed E-state index contributed by atoms with van der Waals surface area (Å²) < 4.78 is 11.0. The van der Waals surface area contributed by atoms with Crippen molar-refractivity contribution in [3.05, 3.63) is 105 Å². The van der Waals surface area contributed by atoms with Gasteiger partial charge in [0.1, 0.15) is 11.5 Å². The fourth-order valence-electron chi connectivity index (χ4n) is 2.40. The maximum absolute atomic E-state index is 10.7. The molecule has 4 rings (SSSR count).